The Balaban J connectivity index is 0.00000101. The van der Waals surface area contributed by atoms with E-state index in [0.29, 0.717) is 34.3 Å². The first-order chi connectivity index (χ1) is 20.9. The summed E-state index contributed by atoms with van der Waals surface area (Å²) in [7, 11) is 0. The fraction of sp³-hybridized carbons (Fsp3) is 0.278. The number of fused-ring (bicyclic) bond motifs is 1. The van der Waals surface area contributed by atoms with Gasteiger partial charge in [0, 0.05) is 35.5 Å². The van der Waals surface area contributed by atoms with Crippen molar-refractivity contribution in [3.8, 4) is 11.5 Å². The van der Waals surface area contributed by atoms with Crippen LogP contribution >= 0.6 is 0 Å². The number of hydrogen-bond donors (Lipinski definition) is 2. The van der Waals surface area contributed by atoms with Gasteiger partial charge in [0.05, 0.1) is 11.4 Å². The molecule has 8 nitrogen and oxygen atoms in total. The largest absolute Gasteiger partial charge is 2.00 e. The number of carbonyl (C=O) groups excluding carboxylic acids is 2. The van der Waals surface area contributed by atoms with E-state index in [0.717, 1.165) is 37.5 Å². The molecule has 239 valence electrons. The van der Waals surface area contributed by atoms with Gasteiger partial charge < -0.3 is 30.0 Å². The average molecular weight is 656 g/mol. The number of carboxylic acids is 2. The van der Waals surface area contributed by atoms with E-state index in [1.165, 1.54) is 11.1 Å². The molecule has 4 rings (SSSR count). The van der Waals surface area contributed by atoms with Gasteiger partial charge in [0.2, 0.25) is 0 Å². The fourth-order valence-corrected chi connectivity index (χ4v) is 4.14. The van der Waals surface area contributed by atoms with Crippen molar-refractivity contribution in [3.05, 3.63) is 95.1 Å². The molecule has 0 saturated heterocycles. The minimum atomic E-state index is -1.08. The average Bonchev–Trinajstić information content (AvgIpc) is 2.98. The van der Waals surface area contributed by atoms with Crippen molar-refractivity contribution < 1.29 is 46.8 Å². The van der Waals surface area contributed by atoms with Crippen LogP contribution in [-0.4, -0.2) is 34.6 Å². The summed E-state index contributed by atoms with van der Waals surface area (Å²) in [5, 5.41) is 40.8. The number of carbonyl (C=O) groups is 2. The van der Waals surface area contributed by atoms with Gasteiger partial charge in [-0.15, -0.1) is 0 Å². The summed E-state index contributed by atoms with van der Waals surface area (Å²) in [6, 6.07) is 23.5. The number of aliphatic carboxylic acids is 2. The maximum atomic E-state index is 10.4. The van der Waals surface area contributed by atoms with Gasteiger partial charge in [-0.25, -0.2) is 0 Å². The SMILES string of the molecule is CC(=O)[O-].CC(=O)[O-].CCC(C)c1ccc(O)c(C=Nc2cc3ccccc3cc2N=Cc2cc(C(C)CC)ccc2O)c1.[Co+2]. The van der Waals surface area contributed by atoms with Crippen molar-refractivity contribution in [1.29, 1.82) is 0 Å². The Morgan fingerprint density at radius 2 is 1.02 bits per heavy atom. The van der Waals surface area contributed by atoms with E-state index < -0.39 is 11.9 Å². The molecule has 0 heterocycles. The van der Waals surface area contributed by atoms with Crippen molar-refractivity contribution in [3.63, 3.8) is 0 Å². The molecule has 0 aromatic heterocycles. The number of nitrogens with zero attached hydrogens (tertiary/aromatic N) is 2. The quantitative estimate of drug-likeness (QED) is 0.214. The first-order valence-corrected chi connectivity index (χ1v) is 14.5. The Kier molecular flexibility index (Phi) is 16.3. The van der Waals surface area contributed by atoms with Gasteiger partial charge >= 0.3 is 16.8 Å². The first kappa shape index (κ1) is 38.6. The summed E-state index contributed by atoms with van der Waals surface area (Å²) in [5.41, 5.74) is 5.08. The predicted octanol–water partition coefficient (Wildman–Crippen LogP) is 6.29. The van der Waals surface area contributed by atoms with Crippen LogP contribution in [0.3, 0.4) is 0 Å². The Hall–Kier alpha value is -4.47. The minimum Gasteiger partial charge on any atom is -0.550 e. The second kappa shape index (κ2) is 19.0. The molecule has 9 heteroatoms. The van der Waals surface area contributed by atoms with E-state index in [4.69, 9.17) is 29.8 Å². The summed E-state index contributed by atoms with van der Waals surface area (Å²) in [6.07, 6.45) is 5.45. The Bertz CT molecular complexity index is 1510. The Morgan fingerprint density at radius 3 is 1.33 bits per heavy atom. The van der Waals surface area contributed by atoms with Gasteiger partial charge in [-0.3, -0.25) is 9.98 Å². The van der Waals surface area contributed by atoms with Crippen LogP contribution in [0.2, 0.25) is 0 Å². The molecule has 4 aromatic rings. The molecule has 0 saturated carbocycles. The molecule has 45 heavy (non-hydrogen) atoms. The van der Waals surface area contributed by atoms with Crippen LogP contribution in [0.5, 0.6) is 11.5 Å². The van der Waals surface area contributed by atoms with Crippen LogP contribution in [-0.2, 0) is 26.4 Å². The Morgan fingerprint density at radius 1 is 0.689 bits per heavy atom. The van der Waals surface area contributed by atoms with Crippen molar-refractivity contribution in [2.45, 2.75) is 66.2 Å². The van der Waals surface area contributed by atoms with Gasteiger partial charge in [-0.2, -0.15) is 0 Å². The van der Waals surface area contributed by atoms with E-state index in [-0.39, 0.29) is 28.3 Å². The van der Waals surface area contributed by atoms with Crippen LogP contribution < -0.4 is 10.2 Å². The monoisotopic (exact) mass is 655 g/mol. The Labute approximate surface area is 275 Å². The maximum Gasteiger partial charge on any atom is 2.00 e. The first-order valence-electron chi connectivity index (χ1n) is 14.5. The van der Waals surface area contributed by atoms with E-state index in [1.807, 2.05) is 60.7 Å². The zero-order valence-electron chi connectivity index (χ0n) is 26.4. The van der Waals surface area contributed by atoms with Crippen LogP contribution in [0.1, 0.15) is 88.5 Å². The van der Waals surface area contributed by atoms with Crippen LogP contribution in [0.4, 0.5) is 11.4 Å². The summed E-state index contributed by atoms with van der Waals surface area (Å²) in [4.78, 5) is 27.3. The van der Waals surface area contributed by atoms with Gasteiger partial charge in [0.1, 0.15) is 11.5 Å². The number of phenolic OH excluding ortho intramolecular Hbond substituents is 2. The molecule has 0 aliphatic heterocycles. The van der Waals surface area contributed by atoms with E-state index in [2.05, 4.69) is 27.7 Å². The van der Waals surface area contributed by atoms with Crippen molar-refractivity contribution >= 4 is 46.5 Å². The zero-order valence-corrected chi connectivity index (χ0v) is 27.4. The third kappa shape index (κ3) is 12.6. The number of benzene rings is 4. The van der Waals surface area contributed by atoms with E-state index in [1.54, 1.807) is 24.6 Å². The number of carboxylic acid groups (broad SMARTS) is 2. The topological polar surface area (TPSA) is 145 Å². The molecule has 0 spiro atoms. The summed E-state index contributed by atoms with van der Waals surface area (Å²) in [6.45, 7) is 10.6. The second-order valence-corrected chi connectivity index (χ2v) is 10.4. The summed E-state index contributed by atoms with van der Waals surface area (Å²) >= 11 is 0. The molecule has 0 bridgehead atoms. The number of phenols is 2. The molecule has 2 N–H and O–H groups in total. The third-order valence-corrected chi connectivity index (χ3v) is 6.99. The number of aromatic hydroxyl groups is 2. The fourth-order valence-electron chi connectivity index (χ4n) is 4.14. The molecule has 0 aliphatic carbocycles. The van der Waals surface area contributed by atoms with Gasteiger partial charge in [0.15, 0.2) is 0 Å². The normalized spacial score (nSPS) is 12.0. The van der Waals surface area contributed by atoms with Crippen LogP contribution in [0, 0.1) is 0 Å². The van der Waals surface area contributed by atoms with Gasteiger partial charge in [0.25, 0.3) is 0 Å². The standard InChI is InChI=1S/C32H34N2O2.2C2H4O2.Co/c1-5-21(3)23-11-13-31(35)27(15-23)19-33-29-17-25-9-7-8-10-26(25)18-30(29)34-20-28-16-24(22(4)6-2)12-14-32(28)36;2*1-2(3)4;/h7-22,35-36H,5-6H2,1-4H3;2*1H3,(H,3,4);/q;;;+2/p-2. The van der Waals surface area contributed by atoms with Crippen molar-refractivity contribution in [1.82, 2.24) is 0 Å². The molecular formula is C36H40CoN2O6. The molecule has 1 radical (unpaired) electrons. The predicted molar refractivity (Wildman–Crippen MR) is 173 cm³/mol. The number of rotatable bonds is 8. The summed E-state index contributed by atoms with van der Waals surface area (Å²) in [5.74, 6) is -0.971. The smallest absolute Gasteiger partial charge is 0.550 e. The number of hydrogen-bond acceptors (Lipinski definition) is 8. The second-order valence-electron chi connectivity index (χ2n) is 10.4. The molecule has 4 aromatic carbocycles. The molecular weight excluding hydrogens is 615 g/mol. The molecule has 0 amide bonds. The minimum absolute atomic E-state index is 0. The molecule has 0 fully saturated rings. The number of aliphatic imine (C=N–C) groups is 2. The van der Waals surface area contributed by atoms with Crippen LogP contribution in [0.15, 0.2) is 82.8 Å². The van der Waals surface area contributed by atoms with Crippen molar-refractivity contribution in [2.24, 2.45) is 9.98 Å². The van der Waals surface area contributed by atoms with Crippen molar-refractivity contribution in [2.75, 3.05) is 0 Å². The van der Waals surface area contributed by atoms with E-state index >= 15 is 0 Å². The van der Waals surface area contributed by atoms with E-state index in [9.17, 15) is 10.2 Å². The molecule has 2 atom stereocenters. The zero-order chi connectivity index (χ0) is 32.8. The third-order valence-electron chi connectivity index (χ3n) is 6.99. The molecule has 0 aliphatic rings. The maximum absolute atomic E-state index is 10.4. The van der Waals surface area contributed by atoms with Crippen LogP contribution in [0.25, 0.3) is 10.8 Å². The summed E-state index contributed by atoms with van der Waals surface area (Å²) < 4.78 is 0. The van der Waals surface area contributed by atoms with Gasteiger partial charge in [-0.1, -0.05) is 64.1 Å². The molecule has 2 unspecified atom stereocenters. The van der Waals surface area contributed by atoms with Gasteiger partial charge in [-0.05, 0) is 96.8 Å².